The van der Waals surface area contributed by atoms with E-state index in [0.717, 1.165) is 6.42 Å². The van der Waals surface area contributed by atoms with Gasteiger partial charge >= 0.3 is 6.61 Å². The van der Waals surface area contributed by atoms with Crippen LogP contribution >= 0.6 is 24.0 Å². The second-order valence-electron chi connectivity index (χ2n) is 6.16. The first kappa shape index (κ1) is 27.1. The number of nitrogens with zero attached hydrogens (tertiary/aromatic N) is 2. The van der Waals surface area contributed by atoms with Gasteiger partial charge in [-0.15, -0.1) is 24.0 Å². The number of nitrogens with one attached hydrogen (secondary N) is 2. The third-order valence-corrected chi connectivity index (χ3v) is 3.61. The summed E-state index contributed by atoms with van der Waals surface area (Å²) in [6.45, 7) is 2.59. The minimum Gasteiger partial charge on any atom is -0.493 e. The van der Waals surface area contributed by atoms with Gasteiger partial charge in [0.1, 0.15) is 11.5 Å². The summed E-state index contributed by atoms with van der Waals surface area (Å²) in [5.41, 5.74) is 0.505. The lowest BCUT2D eigenvalue weighted by molar-refractivity contribution is -0.128. The van der Waals surface area contributed by atoms with Gasteiger partial charge in [0.2, 0.25) is 5.91 Å². The molecule has 0 atom stereocenters. The van der Waals surface area contributed by atoms with Crippen molar-refractivity contribution in [3.63, 3.8) is 0 Å². The summed E-state index contributed by atoms with van der Waals surface area (Å²) < 4.78 is 35.6. The lowest BCUT2D eigenvalue weighted by Gasteiger charge is -2.15. The average molecular weight is 528 g/mol. The van der Waals surface area contributed by atoms with Crippen LogP contribution in [0.4, 0.5) is 8.78 Å². The molecule has 1 amide bonds. The van der Waals surface area contributed by atoms with Crippen LogP contribution in [0, 0.1) is 0 Å². The molecule has 166 valence electrons. The normalized spacial score (nSPS) is 10.9. The minimum atomic E-state index is -2.94. The molecule has 0 aliphatic rings. The average Bonchev–Trinajstić information content (AvgIpc) is 2.64. The molecule has 2 N–H and O–H groups in total. The van der Waals surface area contributed by atoms with Crippen LogP contribution in [0.25, 0.3) is 0 Å². The topological polar surface area (TPSA) is 75.2 Å². The third-order valence-electron chi connectivity index (χ3n) is 3.61. The fraction of sp³-hybridized carbons (Fsp3) is 0.579. The number of carbonyl (C=O) groups is 1. The van der Waals surface area contributed by atoms with Crippen LogP contribution in [0.1, 0.15) is 32.3 Å². The Labute approximate surface area is 188 Å². The van der Waals surface area contributed by atoms with Crippen molar-refractivity contribution in [2.24, 2.45) is 4.99 Å². The zero-order chi connectivity index (χ0) is 20.9. The van der Waals surface area contributed by atoms with Gasteiger partial charge in [-0.25, -0.2) is 4.99 Å². The fourth-order valence-electron chi connectivity index (χ4n) is 2.20. The van der Waals surface area contributed by atoms with E-state index >= 15 is 0 Å². The van der Waals surface area contributed by atoms with Gasteiger partial charge in [0, 0.05) is 45.2 Å². The highest BCUT2D eigenvalue weighted by atomic mass is 127. The molecule has 10 heteroatoms. The third kappa shape index (κ3) is 11.1. The highest BCUT2D eigenvalue weighted by Crippen LogP contribution is 2.27. The standard InChI is InChI=1S/C19H30F2N4O3.HI/c1-5-11-27-15-8-7-14(16(12-15)28-18(20)21)13-24-19(22-6-2)23-10-9-17(26)25(3)4;/h7-8,12,18H,5-6,9-11,13H2,1-4H3,(H2,22,23,24);1H. The Morgan fingerprint density at radius 3 is 2.55 bits per heavy atom. The molecule has 1 rings (SSSR count). The molecule has 1 aromatic carbocycles. The number of halogens is 3. The lowest BCUT2D eigenvalue weighted by atomic mass is 10.2. The van der Waals surface area contributed by atoms with Gasteiger partial charge in [0.05, 0.1) is 13.2 Å². The molecule has 0 spiro atoms. The van der Waals surface area contributed by atoms with Gasteiger partial charge < -0.3 is 25.0 Å². The van der Waals surface area contributed by atoms with Crippen molar-refractivity contribution in [1.82, 2.24) is 15.5 Å². The van der Waals surface area contributed by atoms with Gasteiger partial charge in [0.15, 0.2) is 5.96 Å². The first-order valence-corrected chi connectivity index (χ1v) is 9.30. The van der Waals surface area contributed by atoms with Crippen LogP contribution in [0.5, 0.6) is 11.5 Å². The molecular formula is C19H31F2IN4O3. The largest absolute Gasteiger partial charge is 0.493 e. The van der Waals surface area contributed by atoms with Crippen molar-refractivity contribution in [3.05, 3.63) is 23.8 Å². The van der Waals surface area contributed by atoms with E-state index in [-0.39, 0.29) is 42.2 Å². The Hall–Kier alpha value is -1.85. The van der Waals surface area contributed by atoms with E-state index < -0.39 is 6.61 Å². The molecule has 0 aliphatic carbocycles. The number of hydrogen-bond acceptors (Lipinski definition) is 4. The van der Waals surface area contributed by atoms with Crippen LogP contribution in [0.3, 0.4) is 0 Å². The SMILES string of the molecule is CCCOc1ccc(CN=C(NCC)NCCC(=O)N(C)C)c(OC(F)F)c1.I. The number of guanidine groups is 1. The maximum Gasteiger partial charge on any atom is 0.387 e. The maximum absolute atomic E-state index is 12.8. The summed E-state index contributed by atoms with van der Waals surface area (Å²) in [7, 11) is 3.39. The summed E-state index contributed by atoms with van der Waals surface area (Å²) in [5, 5.41) is 6.11. The van der Waals surface area contributed by atoms with Crippen LogP contribution in [0.2, 0.25) is 0 Å². The molecule has 0 bridgehead atoms. The second-order valence-corrected chi connectivity index (χ2v) is 6.16. The molecule has 0 unspecified atom stereocenters. The van der Waals surface area contributed by atoms with Gasteiger partial charge in [-0.05, 0) is 25.5 Å². The number of alkyl halides is 2. The fourth-order valence-corrected chi connectivity index (χ4v) is 2.20. The molecule has 1 aromatic rings. The van der Waals surface area contributed by atoms with E-state index in [4.69, 9.17) is 4.74 Å². The van der Waals surface area contributed by atoms with E-state index in [1.807, 2.05) is 13.8 Å². The molecule has 0 saturated carbocycles. The number of amides is 1. The summed E-state index contributed by atoms with van der Waals surface area (Å²) in [4.78, 5) is 17.5. The predicted octanol–water partition coefficient (Wildman–Crippen LogP) is 3.23. The predicted molar refractivity (Wildman–Crippen MR) is 120 cm³/mol. The summed E-state index contributed by atoms with van der Waals surface area (Å²) in [5.74, 6) is 0.991. The van der Waals surface area contributed by atoms with E-state index in [1.165, 1.54) is 11.0 Å². The smallest absolute Gasteiger partial charge is 0.387 e. The zero-order valence-electron chi connectivity index (χ0n) is 17.3. The first-order valence-electron chi connectivity index (χ1n) is 9.30. The van der Waals surface area contributed by atoms with Crippen molar-refractivity contribution in [2.75, 3.05) is 33.8 Å². The first-order chi connectivity index (χ1) is 13.4. The summed E-state index contributed by atoms with van der Waals surface area (Å²) in [6, 6.07) is 4.81. The number of rotatable bonds is 11. The Morgan fingerprint density at radius 1 is 1.24 bits per heavy atom. The Balaban J connectivity index is 0.00000784. The van der Waals surface area contributed by atoms with Crippen molar-refractivity contribution in [3.8, 4) is 11.5 Å². The summed E-state index contributed by atoms with van der Waals surface area (Å²) >= 11 is 0. The minimum absolute atomic E-state index is 0. The molecule has 0 aromatic heterocycles. The number of benzene rings is 1. The Morgan fingerprint density at radius 2 is 1.97 bits per heavy atom. The van der Waals surface area contributed by atoms with Gasteiger partial charge in [0.25, 0.3) is 0 Å². The molecule has 0 aliphatic heterocycles. The Kier molecular flexibility index (Phi) is 14.1. The van der Waals surface area contributed by atoms with Gasteiger partial charge in [-0.3, -0.25) is 4.79 Å². The van der Waals surface area contributed by atoms with Crippen LogP contribution in [-0.2, 0) is 11.3 Å². The second kappa shape index (κ2) is 15.1. The molecule has 0 saturated heterocycles. The number of carbonyl (C=O) groups excluding carboxylic acids is 1. The van der Waals surface area contributed by atoms with Gasteiger partial charge in [-0.2, -0.15) is 8.78 Å². The maximum atomic E-state index is 12.8. The quantitative estimate of drug-likeness (QED) is 0.262. The van der Waals surface area contributed by atoms with Crippen LogP contribution in [-0.4, -0.2) is 57.2 Å². The number of hydrogen-bond donors (Lipinski definition) is 2. The molecule has 0 radical (unpaired) electrons. The number of ether oxygens (including phenoxy) is 2. The summed E-state index contributed by atoms with van der Waals surface area (Å²) in [6.07, 6.45) is 1.13. The van der Waals surface area contributed by atoms with Crippen LogP contribution < -0.4 is 20.1 Å². The molecule has 0 fully saturated rings. The van der Waals surface area contributed by atoms with Crippen molar-refractivity contribution in [2.45, 2.75) is 39.8 Å². The lowest BCUT2D eigenvalue weighted by Crippen LogP contribution is -2.39. The van der Waals surface area contributed by atoms with Gasteiger partial charge in [-0.1, -0.05) is 6.92 Å². The van der Waals surface area contributed by atoms with E-state index in [2.05, 4.69) is 20.4 Å². The van der Waals surface area contributed by atoms with E-state index in [9.17, 15) is 13.6 Å². The number of aliphatic imine (C=N–C) groups is 1. The zero-order valence-corrected chi connectivity index (χ0v) is 19.7. The molecule has 0 heterocycles. The van der Waals surface area contributed by atoms with Crippen LogP contribution in [0.15, 0.2) is 23.2 Å². The van der Waals surface area contributed by atoms with Crippen molar-refractivity contribution < 1.29 is 23.0 Å². The van der Waals surface area contributed by atoms with E-state index in [0.29, 0.717) is 43.4 Å². The molecule has 29 heavy (non-hydrogen) atoms. The van der Waals surface area contributed by atoms with E-state index in [1.54, 1.807) is 26.2 Å². The van der Waals surface area contributed by atoms with Crippen molar-refractivity contribution >= 4 is 35.8 Å². The highest BCUT2D eigenvalue weighted by molar-refractivity contribution is 14.0. The monoisotopic (exact) mass is 528 g/mol. The highest BCUT2D eigenvalue weighted by Gasteiger charge is 2.12. The van der Waals surface area contributed by atoms with Crippen molar-refractivity contribution in [1.29, 1.82) is 0 Å². The molecular weight excluding hydrogens is 497 g/mol. The molecule has 7 nitrogen and oxygen atoms in total. The Bertz CT molecular complexity index is 646.